The van der Waals surface area contributed by atoms with E-state index in [-0.39, 0.29) is 5.78 Å². The van der Waals surface area contributed by atoms with E-state index in [4.69, 9.17) is 10.2 Å². The molecule has 4 rings (SSSR count). The SMILES string of the molecule is Cc1cc2c(nc1C)c(C(=O)CN1CCCCC1)c(C)n2-c1ccc(C#N)cc1. The third-order valence-corrected chi connectivity index (χ3v) is 5.97. The smallest absolute Gasteiger partial charge is 0.180 e. The molecule has 29 heavy (non-hydrogen) atoms. The Kier molecular flexibility index (Phi) is 5.21. The van der Waals surface area contributed by atoms with Gasteiger partial charge in [-0.25, -0.2) is 0 Å². The molecule has 0 bridgehead atoms. The molecule has 1 aliphatic rings. The maximum atomic E-state index is 13.4. The number of pyridine rings is 1. The second-order valence-corrected chi connectivity index (χ2v) is 7.97. The Morgan fingerprint density at radius 1 is 1.10 bits per heavy atom. The van der Waals surface area contributed by atoms with Gasteiger partial charge >= 0.3 is 0 Å². The third-order valence-electron chi connectivity index (χ3n) is 5.97. The maximum absolute atomic E-state index is 13.4. The molecule has 5 nitrogen and oxygen atoms in total. The van der Waals surface area contributed by atoms with E-state index in [1.165, 1.54) is 6.42 Å². The molecule has 1 fully saturated rings. The van der Waals surface area contributed by atoms with Crippen molar-refractivity contribution in [2.45, 2.75) is 40.0 Å². The average Bonchev–Trinajstić information content (AvgIpc) is 3.00. The topological polar surface area (TPSA) is 61.9 Å². The van der Waals surface area contributed by atoms with Crippen molar-refractivity contribution in [2.75, 3.05) is 19.6 Å². The van der Waals surface area contributed by atoms with Crippen molar-refractivity contribution in [3.05, 3.63) is 58.4 Å². The zero-order chi connectivity index (χ0) is 20.5. The highest BCUT2D eigenvalue weighted by Gasteiger charge is 2.24. The number of hydrogen-bond acceptors (Lipinski definition) is 4. The molecule has 148 valence electrons. The van der Waals surface area contributed by atoms with Crippen molar-refractivity contribution in [2.24, 2.45) is 0 Å². The number of hydrogen-bond donors (Lipinski definition) is 0. The zero-order valence-corrected chi connectivity index (χ0v) is 17.3. The molecule has 0 radical (unpaired) electrons. The number of aromatic nitrogens is 2. The van der Waals surface area contributed by atoms with Crippen molar-refractivity contribution >= 4 is 16.8 Å². The van der Waals surface area contributed by atoms with E-state index in [9.17, 15) is 4.79 Å². The summed E-state index contributed by atoms with van der Waals surface area (Å²) in [7, 11) is 0. The average molecular weight is 386 g/mol. The van der Waals surface area contributed by atoms with Gasteiger partial charge in [0.2, 0.25) is 0 Å². The molecule has 1 saturated heterocycles. The maximum Gasteiger partial charge on any atom is 0.180 e. The number of rotatable bonds is 4. The first-order valence-electron chi connectivity index (χ1n) is 10.2. The third kappa shape index (κ3) is 3.56. The van der Waals surface area contributed by atoms with E-state index in [1.807, 2.05) is 45.0 Å². The summed E-state index contributed by atoms with van der Waals surface area (Å²) >= 11 is 0. The molecule has 1 aromatic carbocycles. The number of nitriles is 1. The number of fused-ring (bicyclic) bond motifs is 1. The van der Waals surface area contributed by atoms with E-state index < -0.39 is 0 Å². The Morgan fingerprint density at radius 3 is 2.45 bits per heavy atom. The fourth-order valence-electron chi connectivity index (χ4n) is 4.26. The van der Waals surface area contributed by atoms with Gasteiger partial charge in [0.25, 0.3) is 0 Å². The van der Waals surface area contributed by atoms with Crippen LogP contribution < -0.4 is 0 Å². The predicted molar refractivity (Wildman–Crippen MR) is 115 cm³/mol. The fourth-order valence-corrected chi connectivity index (χ4v) is 4.26. The monoisotopic (exact) mass is 386 g/mol. The Hall–Kier alpha value is -2.97. The summed E-state index contributed by atoms with van der Waals surface area (Å²) in [5.74, 6) is 0.137. The summed E-state index contributed by atoms with van der Waals surface area (Å²) in [6.07, 6.45) is 3.58. The number of carbonyl (C=O) groups excluding carboxylic acids is 1. The first-order chi connectivity index (χ1) is 14.0. The molecule has 0 unspecified atom stereocenters. The molecule has 0 amide bonds. The van der Waals surface area contributed by atoms with Crippen molar-refractivity contribution in [1.29, 1.82) is 5.26 Å². The van der Waals surface area contributed by atoms with E-state index in [0.717, 1.165) is 65.2 Å². The largest absolute Gasteiger partial charge is 0.312 e. The lowest BCUT2D eigenvalue weighted by molar-refractivity contribution is 0.0916. The molecule has 3 heterocycles. The normalized spacial score (nSPS) is 14.8. The van der Waals surface area contributed by atoms with Gasteiger partial charge in [0.1, 0.15) is 0 Å². The van der Waals surface area contributed by atoms with Crippen LogP contribution in [-0.2, 0) is 0 Å². The van der Waals surface area contributed by atoms with Crippen LogP contribution in [0.4, 0.5) is 0 Å². The molecular weight excluding hydrogens is 360 g/mol. The Balaban J connectivity index is 1.85. The van der Waals surface area contributed by atoms with Gasteiger partial charge in [-0.05, 0) is 82.6 Å². The minimum atomic E-state index is 0.137. The van der Waals surface area contributed by atoms with E-state index in [1.54, 1.807) is 0 Å². The molecule has 2 aromatic heterocycles. The van der Waals surface area contributed by atoms with Crippen LogP contribution >= 0.6 is 0 Å². The minimum Gasteiger partial charge on any atom is -0.312 e. The van der Waals surface area contributed by atoms with Gasteiger partial charge in [-0.1, -0.05) is 6.42 Å². The molecular formula is C24H26N4O. The predicted octanol–water partition coefficient (Wildman–Crippen LogP) is 4.49. The van der Waals surface area contributed by atoms with Gasteiger partial charge in [-0.3, -0.25) is 14.7 Å². The van der Waals surface area contributed by atoms with E-state index >= 15 is 0 Å². The van der Waals surface area contributed by atoms with Crippen molar-refractivity contribution in [1.82, 2.24) is 14.5 Å². The van der Waals surface area contributed by atoms with E-state index in [0.29, 0.717) is 12.1 Å². The fraction of sp³-hybridized carbons (Fsp3) is 0.375. The number of nitrogens with zero attached hydrogens (tertiary/aromatic N) is 4. The van der Waals surface area contributed by atoms with Crippen LogP contribution in [0.3, 0.4) is 0 Å². The van der Waals surface area contributed by atoms with Crippen LogP contribution in [0.25, 0.3) is 16.7 Å². The highest BCUT2D eigenvalue weighted by atomic mass is 16.1. The second kappa shape index (κ2) is 7.81. The summed E-state index contributed by atoms with van der Waals surface area (Å²) in [6, 6.07) is 11.8. The second-order valence-electron chi connectivity index (χ2n) is 7.97. The standard InChI is InChI=1S/C24H26N4O/c1-16-13-21-24(26-17(16)2)23(22(29)15-27-11-5-4-6-12-27)18(3)28(21)20-9-7-19(14-25)8-10-20/h7-10,13H,4-6,11-12,15H2,1-3H3. The lowest BCUT2D eigenvalue weighted by Gasteiger charge is -2.25. The lowest BCUT2D eigenvalue weighted by Crippen LogP contribution is -2.34. The summed E-state index contributed by atoms with van der Waals surface area (Å²) < 4.78 is 2.10. The van der Waals surface area contributed by atoms with Crippen LogP contribution in [0, 0.1) is 32.1 Å². The highest BCUT2D eigenvalue weighted by molar-refractivity contribution is 6.09. The summed E-state index contributed by atoms with van der Waals surface area (Å²) in [4.78, 5) is 20.4. The number of carbonyl (C=O) groups is 1. The minimum absolute atomic E-state index is 0.137. The number of aryl methyl sites for hydroxylation is 2. The van der Waals surface area contributed by atoms with Gasteiger partial charge < -0.3 is 4.57 Å². The van der Waals surface area contributed by atoms with Gasteiger partial charge in [-0.15, -0.1) is 0 Å². The van der Waals surface area contributed by atoms with Gasteiger partial charge in [0.05, 0.1) is 34.8 Å². The van der Waals surface area contributed by atoms with E-state index in [2.05, 4.69) is 21.6 Å². The van der Waals surface area contributed by atoms with Crippen LogP contribution in [-0.4, -0.2) is 39.9 Å². The summed E-state index contributed by atoms with van der Waals surface area (Å²) in [5, 5.41) is 9.11. The Labute approximate surface area is 171 Å². The van der Waals surface area contributed by atoms with Gasteiger partial charge in [0.15, 0.2) is 5.78 Å². The van der Waals surface area contributed by atoms with Crippen LogP contribution in [0.5, 0.6) is 0 Å². The van der Waals surface area contributed by atoms with Crippen molar-refractivity contribution in [3.8, 4) is 11.8 Å². The molecule has 0 saturated carbocycles. The highest BCUT2D eigenvalue weighted by Crippen LogP contribution is 2.30. The molecule has 1 aliphatic heterocycles. The number of likely N-dealkylation sites (tertiary alicyclic amines) is 1. The molecule has 5 heteroatoms. The number of Topliss-reactive ketones (excluding diaryl/α,β-unsaturated/α-hetero) is 1. The quantitative estimate of drug-likeness (QED) is 0.620. The Bertz CT molecular complexity index is 1110. The number of ketones is 1. The zero-order valence-electron chi connectivity index (χ0n) is 17.3. The first-order valence-corrected chi connectivity index (χ1v) is 10.2. The summed E-state index contributed by atoms with van der Waals surface area (Å²) in [5.41, 5.74) is 6.95. The summed E-state index contributed by atoms with van der Waals surface area (Å²) in [6.45, 7) is 8.45. The molecule has 3 aromatic rings. The van der Waals surface area contributed by atoms with Crippen LogP contribution in [0.15, 0.2) is 30.3 Å². The van der Waals surface area contributed by atoms with Gasteiger partial charge in [-0.2, -0.15) is 5.26 Å². The molecule has 0 aliphatic carbocycles. The lowest BCUT2D eigenvalue weighted by atomic mass is 10.1. The Morgan fingerprint density at radius 2 is 1.79 bits per heavy atom. The first kappa shape index (κ1) is 19.4. The van der Waals surface area contributed by atoms with Gasteiger partial charge in [0, 0.05) is 17.1 Å². The van der Waals surface area contributed by atoms with Crippen molar-refractivity contribution < 1.29 is 4.79 Å². The van der Waals surface area contributed by atoms with Crippen molar-refractivity contribution in [3.63, 3.8) is 0 Å². The van der Waals surface area contributed by atoms with Crippen LogP contribution in [0.1, 0.15) is 52.1 Å². The number of piperidine rings is 1. The number of benzene rings is 1. The van der Waals surface area contributed by atoms with Crippen LogP contribution in [0.2, 0.25) is 0 Å². The molecule has 0 N–H and O–H groups in total. The molecule has 0 spiro atoms. The molecule has 0 atom stereocenters.